The highest BCUT2D eigenvalue weighted by atomic mass is 32.1. The number of esters is 1. The van der Waals surface area contributed by atoms with Gasteiger partial charge in [0.1, 0.15) is 4.88 Å². The van der Waals surface area contributed by atoms with Crippen molar-refractivity contribution in [2.75, 3.05) is 38.8 Å². The number of ketones is 1. The van der Waals surface area contributed by atoms with Crippen molar-refractivity contribution in [2.45, 2.75) is 13.8 Å². The average Bonchev–Trinajstić information content (AvgIpc) is 2.84. The lowest BCUT2D eigenvalue weighted by Gasteiger charge is -2.18. The number of hydrogen-bond acceptors (Lipinski definition) is 7. The Morgan fingerprint density at radius 1 is 1.37 bits per heavy atom. The Hall–Kier alpha value is -1.47. The fraction of sp³-hybridized carbons (Fsp3) is 0.583. The van der Waals surface area contributed by atoms with E-state index in [9.17, 15) is 9.59 Å². The fourth-order valence-electron chi connectivity index (χ4n) is 1.51. The van der Waals surface area contributed by atoms with E-state index in [2.05, 4.69) is 9.72 Å². The molecule has 0 bridgehead atoms. The third kappa shape index (κ3) is 3.74. The zero-order valence-corrected chi connectivity index (χ0v) is 12.4. The summed E-state index contributed by atoms with van der Waals surface area (Å²) in [5, 5.41) is 0.630. The van der Waals surface area contributed by atoms with Crippen LogP contribution in [-0.4, -0.2) is 50.7 Å². The molecule has 1 aromatic heterocycles. The van der Waals surface area contributed by atoms with E-state index in [1.54, 1.807) is 7.11 Å². The quantitative estimate of drug-likeness (QED) is 0.560. The van der Waals surface area contributed by atoms with Crippen LogP contribution in [0.1, 0.15) is 34.0 Å². The second-order valence-corrected chi connectivity index (χ2v) is 4.77. The molecule has 106 valence electrons. The minimum Gasteiger partial charge on any atom is -0.464 e. The van der Waals surface area contributed by atoms with Crippen molar-refractivity contribution < 1.29 is 19.1 Å². The minimum absolute atomic E-state index is 0.0888. The monoisotopic (exact) mass is 286 g/mol. The van der Waals surface area contributed by atoms with Crippen LogP contribution in [-0.2, 0) is 9.47 Å². The van der Waals surface area contributed by atoms with E-state index >= 15 is 0 Å². The number of carbonyl (C=O) groups is 2. The molecule has 1 aromatic rings. The van der Waals surface area contributed by atoms with Crippen LogP contribution in [0.2, 0.25) is 0 Å². The summed E-state index contributed by atoms with van der Waals surface area (Å²) < 4.78 is 9.67. The molecule has 0 radical (unpaired) electrons. The first-order valence-electron chi connectivity index (χ1n) is 5.89. The molecule has 0 aliphatic rings. The highest BCUT2D eigenvalue weighted by Crippen LogP contribution is 2.27. The largest absolute Gasteiger partial charge is 0.464 e. The van der Waals surface area contributed by atoms with Gasteiger partial charge in [-0.25, -0.2) is 9.78 Å². The van der Waals surface area contributed by atoms with E-state index in [0.29, 0.717) is 23.2 Å². The normalized spacial score (nSPS) is 10.3. The molecule has 0 saturated carbocycles. The van der Waals surface area contributed by atoms with Crippen molar-refractivity contribution in [2.24, 2.45) is 0 Å². The summed E-state index contributed by atoms with van der Waals surface area (Å²) in [6, 6.07) is 0. The van der Waals surface area contributed by atoms with Gasteiger partial charge in [0.15, 0.2) is 16.6 Å². The van der Waals surface area contributed by atoms with Gasteiger partial charge in [0.25, 0.3) is 0 Å². The molecule has 0 spiro atoms. The number of hydrogen-bond donors (Lipinski definition) is 0. The molecule has 0 atom stereocenters. The van der Waals surface area contributed by atoms with Gasteiger partial charge in [-0.2, -0.15) is 0 Å². The molecule has 0 fully saturated rings. The van der Waals surface area contributed by atoms with Crippen LogP contribution in [0.15, 0.2) is 0 Å². The predicted octanol–water partition coefficient (Wildman–Crippen LogP) is 1.60. The van der Waals surface area contributed by atoms with Crippen molar-refractivity contribution in [3.8, 4) is 0 Å². The number of rotatable bonds is 7. The van der Waals surface area contributed by atoms with Crippen LogP contribution in [0.4, 0.5) is 5.13 Å². The molecule has 0 amide bonds. The second-order valence-electron chi connectivity index (χ2n) is 3.79. The number of methoxy groups -OCH3 is 2. The average molecular weight is 286 g/mol. The molecule has 0 saturated heterocycles. The Morgan fingerprint density at radius 3 is 2.53 bits per heavy atom. The first-order chi connectivity index (χ1) is 9.04. The molecular weight excluding hydrogens is 268 g/mol. The topological polar surface area (TPSA) is 68.7 Å². The van der Waals surface area contributed by atoms with Crippen LogP contribution < -0.4 is 4.90 Å². The molecule has 1 heterocycles. The summed E-state index contributed by atoms with van der Waals surface area (Å²) in [7, 11) is 2.89. The number of carbonyl (C=O) groups excluding carboxylic acids is 2. The maximum absolute atomic E-state index is 11.6. The van der Waals surface area contributed by atoms with Crippen molar-refractivity contribution in [1.82, 2.24) is 4.98 Å². The van der Waals surface area contributed by atoms with Gasteiger partial charge in [-0.1, -0.05) is 11.3 Å². The van der Waals surface area contributed by atoms with Crippen LogP contribution in [0.25, 0.3) is 0 Å². The summed E-state index contributed by atoms with van der Waals surface area (Å²) >= 11 is 1.20. The molecule has 6 nitrogen and oxygen atoms in total. The summed E-state index contributed by atoms with van der Waals surface area (Å²) in [6.45, 7) is 5.31. The Bertz CT molecular complexity index is 459. The van der Waals surface area contributed by atoms with Crippen LogP contribution in [0.5, 0.6) is 0 Å². The predicted molar refractivity (Wildman–Crippen MR) is 73.2 cm³/mol. The number of likely N-dealkylation sites (N-methyl/N-ethyl adjacent to an activating group) is 1. The molecule has 0 aromatic carbocycles. The third-order valence-corrected chi connectivity index (χ3v) is 3.75. The van der Waals surface area contributed by atoms with Crippen LogP contribution in [0.3, 0.4) is 0 Å². The SMILES string of the molecule is CCN(CCOC)c1nc(C(=O)OC)c(C(C)=O)s1. The zero-order chi connectivity index (χ0) is 14.4. The molecule has 0 aliphatic heterocycles. The Balaban J connectivity index is 3.08. The van der Waals surface area contributed by atoms with E-state index in [1.165, 1.54) is 25.4 Å². The van der Waals surface area contributed by atoms with E-state index in [4.69, 9.17) is 4.74 Å². The van der Waals surface area contributed by atoms with Gasteiger partial charge >= 0.3 is 5.97 Å². The zero-order valence-electron chi connectivity index (χ0n) is 11.6. The summed E-state index contributed by atoms with van der Waals surface area (Å²) in [5.41, 5.74) is 0.0888. The molecule has 0 aliphatic carbocycles. The molecule has 1 rings (SSSR count). The lowest BCUT2D eigenvalue weighted by atomic mass is 10.3. The van der Waals surface area contributed by atoms with Gasteiger partial charge in [0.05, 0.1) is 13.7 Å². The number of anilines is 1. The van der Waals surface area contributed by atoms with Crippen LogP contribution in [0, 0.1) is 0 Å². The molecule has 7 heteroatoms. The molecule has 19 heavy (non-hydrogen) atoms. The summed E-state index contributed by atoms with van der Waals surface area (Å²) in [4.78, 5) is 29.7. The number of aromatic nitrogens is 1. The first-order valence-corrected chi connectivity index (χ1v) is 6.70. The van der Waals surface area contributed by atoms with Gasteiger partial charge in [0, 0.05) is 27.1 Å². The summed E-state index contributed by atoms with van der Waals surface area (Å²) in [6.07, 6.45) is 0. The van der Waals surface area contributed by atoms with Crippen LogP contribution >= 0.6 is 11.3 Å². The smallest absolute Gasteiger partial charge is 0.358 e. The van der Waals surface area contributed by atoms with E-state index in [-0.39, 0.29) is 11.5 Å². The van der Waals surface area contributed by atoms with Gasteiger partial charge in [-0.3, -0.25) is 4.79 Å². The van der Waals surface area contributed by atoms with Crippen molar-refractivity contribution in [3.05, 3.63) is 10.6 Å². The standard InChI is InChI=1S/C12H18N2O4S/c1-5-14(6-7-17-3)12-13-9(11(16)18-4)10(19-12)8(2)15/h5-7H2,1-4H3. The highest BCUT2D eigenvalue weighted by Gasteiger charge is 2.23. The van der Waals surface area contributed by atoms with Gasteiger partial charge in [-0.15, -0.1) is 0 Å². The number of ether oxygens (including phenoxy) is 2. The highest BCUT2D eigenvalue weighted by molar-refractivity contribution is 7.17. The van der Waals surface area contributed by atoms with E-state index < -0.39 is 5.97 Å². The lowest BCUT2D eigenvalue weighted by molar-refractivity contribution is 0.0591. The maximum Gasteiger partial charge on any atom is 0.358 e. The fourth-order valence-corrected chi connectivity index (χ4v) is 2.55. The Morgan fingerprint density at radius 2 is 2.05 bits per heavy atom. The Labute approximate surface area is 116 Å². The van der Waals surface area contributed by atoms with E-state index in [0.717, 1.165) is 6.54 Å². The second kappa shape index (κ2) is 7.20. The van der Waals surface area contributed by atoms with Gasteiger partial charge in [0.2, 0.25) is 0 Å². The minimum atomic E-state index is -0.588. The van der Waals surface area contributed by atoms with Crippen molar-refractivity contribution in [3.63, 3.8) is 0 Å². The number of thiazole rings is 1. The van der Waals surface area contributed by atoms with E-state index in [1.807, 2.05) is 11.8 Å². The Kier molecular flexibility index (Phi) is 5.91. The first kappa shape index (κ1) is 15.6. The van der Waals surface area contributed by atoms with Crippen molar-refractivity contribution >= 4 is 28.2 Å². The maximum atomic E-state index is 11.6. The summed E-state index contributed by atoms with van der Waals surface area (Å²) in [5.74, 6) is -0.776. The molecule has 0 N–H and O–H groups in total. The van der Waals surface area contributed by atoms with Gasteiger partial charge in [-0.05, 0) is 6.92 Å². The van der Waals surface area contributed by atoms with Crippen molar-refractivity contribution in [1.29, 1.82) is 0 Å². The third-order valence-electron chi connectivity index (χ3n) is 2.53. The number of Topliss-reactive ketones (excluding diaryl/α,β-unsaturated/α-hetero) is 1. The van der Waals surface area contributed by atoms with Gasteiger partial charge < -0.3 is 14.4 Å². The number of nitrogens with zero attached hydrogens (tertiary/aromatic N) is 2. The lowest BCUT2D eigenvalue weighted by Crippen LogP contribution is -2.26. The molecule has 0 unspecified atom stereocenters. The molecular formula is C12H18N2O4S.